The van der Waals surface area contributed by atoms with Crippen molar-refractivity contribution in [3.8, 4) is 17.2 Å². The lowest BCUT2D eigenvalue weighted by Crippen LogP contribution is -2.48. The zero-order chi connectivity index (χ0) is 55.1. The second-order valence-corrected chi connectivity index (χ2v) is 21.0. The number of benzene rings is 2. The van der Waals surface area contributed by atoms with Crippen LogP contribution < -0.4 is 31.4 Å². The van der Waals surface area contributed by atoms with Gasteiger partial charge in [0.05, 0.1) is 48.3 Å². The van der Waals surface area contributed by atoms with Crippen LogP contribution in [0, 0.1) is 36.5 Å². The van der Waals surface area contributed by atoms with Gasteiger partial charge in [0.25, 0.3) is 11.7 Å². The topological polar surface area (TPSA) is 265 Å². The van der Waals surface area contributed by atoms with Gasteiger partial charge in [0, 0.05) is 107 Å². The van der Waals surface area contributed by atoms with Crippen LogP contribution >= 0.6 is 0 Å². The molecular formula is C55H78N6O14. The number of esters is 2. The number of amides is 2. The Labute approximate surface area is 439 Å². The average Bonchev–Trinajstić information content (AvgIpc) is 3.86. The number of nitrogens with one attached hydrogen (secondary N) is 3. The van der Waals surface area contributed by atoms with E-state index in [-0.39, 0.29) is 63.6 Å². The molecule has 2 aromatic carbocycles. The number of ether oxygens (including phenoxy) is 6. The number of aliphatic hydroxyl groups excluding tert-OH is 1. The number of unbranched alkanes of at least 4 members (excludes halogenated alkanes) is 1. The molecule has 0 saturated carbocycles. The van der Waals surface area contributed by atoms with Crippen LogP contribution in [0.5, 0.6) is 17.2 Å². The molecule has 0 radical (unpaired) electrons. The summed E-state index contributed by atoms with van der Waals surface area (Å²) in [6.45, 7) is 21.8. The first-order valence-electron chi connectivity index (χ1n) is 26.2. The van der Waals surface area contributed by atoms with Gasteiger partial charge >= 0.3 is 23.8 Å². The zero-order valence-electron chi connectivity index (χ0n) is 45.5. The number of nitrogens with zero attached hydrogens (tertiary/aromatic N) is 3. The molecule has 2 aromatic rings. The molecule has 1 spiro atoms. The van der Waals surface area contributed by atoms with Gasteiger partial charge in [0.15, 0.2) is 5.75 Å². The third-order valence-corrected chi connectivity index (χ3v) is 14.7. The van der Waals surface area contributed by atoms with Gasteiger partial charge in [-0.3, -0.25) is 24.2 Å². The molecule has 1 fully saturated rings. The Morgan fingerprint density at radius 2 is 1.65 bits per heavy atom. The van der Waals surface area contributed by atoms with Crippen LogP contribution in [0.25, 0.3) is 10.8 Å². The van der Waals surface area contributed by atoms with Crippen LogP contribution in [-0.4, -0.2) is 139 Å². The van der Waals surface area contributed by atoms with E-state index in [2.05, 4.69) is 39.7 Å². The van der Waals surface area contributed by atoms with Gasteiger partial charge < -0.3 is 64.6 Å². The van der Waals surface area contributed by atoms with Crippen molar-refractivity contribution in [2.75, 3.05) is 58.3 Å². The van der Waals surface area contributed by atoms with E-state index >= 15 is 0 Å². The minimum atomic E-state index is -2.00. The Balaban J connectivity index is 1.44. The van der Waals surface area contributed by atoms with Crippen LogP contribution in [0.2, 0.25) is 0 Å². The van der Waals surface area contributed by atoms with Crippen molar-refractivity contribution in [1.29, 1.82) is 0 Å². The minimum absolute atomic E-state index is 0.0280. The molecular weight excluding hydrogens is 969 g/mol. The second kappa shape index (κ2) is 24.7. The normalized spacial score (nSPS) is 28.5. The van der Waals surface area contributed by atoms with E-state index in [1.165, 1.54) is 39.4 Å². The van der Waals surface area contributed by atoms with Gasteiger partial charge in [0.2, 0.25) is 0 Å². The molecule has 20 nitrogen and oxygen atoms in total. The van der Waals surface area contributed by atoms with Crippen LogP contribution in [0.4, 0.5) is 10.5 Å². The number of rotatable bonds is 13. The molecule has 0 aliphatic carbocycles. The van der Waals surface area contributed by atoms with E-state index in [4.69, 9.17) is 33.4 Å². The largest absolute Gasteiger partial charge is 0.507 e. The number of ketones is 1. The van der Waals surface area contributed by atoms with Gasteiger partial charge in [-0.15, -0.1) is 0 Å². The number of alkyl carbamates (subject to hydrolysis) is 1. The maximum atomic E-state index is 14.9. The molecule has 412 valence electrons. The maximum absolute atomic E-state index is 14.9. The lowest BCUT2D eigenvalue weighted by molar-refractivity contribution is -0.165. The van der Waals surface area contributed by atoms with Gasteiger partial charge in [-0.25, -0.2) is 9.79 Å². The molecule has 1 saturated heterocycles. The highest BCUT2D eigenvalue weighted by molar-refractivity contribution is 6.21. The summed E-state index contributed by atoms with van der Waals surface area (Å²) >= 11 is 0. The summed E-state index contributed by atoms with van der Waals surface area (Å²) in [5.41, 5.74) is -0.295. The monoisotopic (exact) mass is 1050 g/mol. The van der Waals surface area contributed by atoms with Crippen molar-refractivity contribution in [1.82, 2.24) is 15.5 Å². The van der Waals surface area contributed by atoms with E-state index in [1.807, 2.05) is 6.92 Å². The number of likely N-dealkylation sites (tertiary alicyclic amines) is 1. The van der Waals surface area contributed by atoms with Crippen molar-refractivity contribution in [3.63, 3.8) is 0 Å². The third-order valence-electron chi connectivity index (χ3n) is 14.7. The number of hydrogen-bond acceptors (Lipinski definition) is 18. The molecule has 0 aromatic heterocycles. The summed E-state index contributed by atoms with van der Waals surface area (Å²) in [6.07, 6.45) is 5.77. The summed E-state index contributed by atoms with van der Waals surface area (Å²) in [5, 5.41) is 45.5. The van der Waals surface area contributed by atoms with Gasteiger partial charge in [-0.1, -0.05) is 73.1 Å². The summed E-state index contributed by atoms with van der Waals surface area (Å²) in [4.78, 5) is 79.3. The van der Waals surface area contributed by atoms with Crippen LogP contribution in [0.3, 0.4) is 0 Å². The maximum Gasteiger partial charge on any atom is 0.407 e. The number of hydrogen-bond donors (Lipinski definition) is 6. The first kappa shape index (κ1) is 58.2. The highest BCUT2D eigenvalue weighted by atomic mass is 16.7. The number of anilines is 1. The summed E-state index contributed by atoms with van der Waals surface area (Å²) in [7, 11) is 1.45. The smallest absolute Gasteiger partial charge is 0.407 e. The number of fused-ring (bicyclic) bond motifs is 13. The van der Waals surface area contributed by atoms with Gasteiger partial charge in [-0.2, -0.15) is 0 Å². The molecule has 7 rings (SSSR count). The Bertz CT molecular complexity index is 2700. The predicted octanol–water partition coefficient (Wildman–Crippen LogP) is 5.42. The first-order chi connectivity index (χ1) is 35.5. The van der Waals surface area contributed by atoms with Gasteiger partial charge in [-0.05, 0) is 32.3 Å². The molecule has 5 bridgehead atoms. The van der Waals surface area contributed by atoms with E-state index in [0.29, 0.717) is 44.1 Å². The number of allylic oxidation sites excluding steroid dienone is 2. The third kappa shape index (κ3) is 13.0. The number of carbonyl (C=O) groups excluding carboxylic acids is 5. The van der Waals surface area contributed by atoms with E-state index in [1.54, 1.807) is 53.7 Å². The number of methoxy groups -OCH3 is 1. The molecule has 2 amide bonds. The molecule has 5 heterocycles. The number of carbonyl (C=O) groups is 5. The molecule has 6 N–H and O–H groups in total. The van der Waals surface area contributed by atoms with Crippen molar-refractivity contribution >= 4 is 46.2 Å². The molecule has 5 aliphatic rings. The Kier molecular flexibility index (Phi) is 19.2. The number of phenolic OH excluding ortho intramolecular Hbond substituents is 2. The van der Waals surface area contributed by atoms with Crippen LogP contribution in [0.1, 0.15) is 111 Å². The van der Waals surface area contributed by atoms with Crippen LogP contribution in [-0.2, 0) is 38.1 Å². The summed E-state index contributed by atoms with van der Waals surface area (Å²) in [5.74, 6) is -7.91. The molecule has 5 aliphatic heterocycles. The Morgan fingerprint density at radius 1 is 0.960 bits per heavy atom. The summed E-state index contributed by atoms with van der Waals surface area (Å²) in [6, 6.07) is 0. The number of aromatic hydroxyl groups is 2. The van der Waals surface area contributed by atoms with Crippen molar-refractivity contribution in [3.05, 3.63) is 58.0 Å². The quantitative estimate of drug-likeness (QED) is 0.0633. The van der Waals surface area contributed by atoms with Crippen molar-refractivity contribution in [2.45, 2.75) is 138 Å². The van der Waals surface area contributed by atoms with Crippen LogP contribution in [0.15, 0.2) is 46.1 Å². The fourth-order valence-corrected chi connectivity index (χ4v) is 10.4. The molecule has 9 atom stereocenters. The minimum Gasteiger partial charge on any atom is -0.507 e. The van der Waals surface area contributed by atoms with Crippen molar-refractivity contribution < 1.29 is 67.7 Å². The standard InChI is InChI=1S/C55H78N6O14/c1-13-14-25-71-53(69)57-22-21-56-27-38(63)74-48-30(4)16-15-17-31(5)52(68)58-44-43-42(59-55(60-43)19-23-61(24-20-55)28-29(2)3)39-40(47(44)66)46(65)35(9)50-41(39)51(67)54(11,75-50)72-26-18-37(70-12)32(6)49(73-36(10)62)34(8)45(64)33(48)7/h15-18,26,29-30,32-34,37,45,48-49,56,59,64-66H,13-14,19-25,27-28H2,1-12H3,(H,57,69)/b16-15+,26-18+,31-17-,58-44?/t30-,32+,33-,34+,37-,45+,48-,49+,54-/m0/s1. The predicted molar refractivity (Wildman–Crippen MR) is 279 cm³/mol. The zero-order valence-corrected chi connectivity index (χ0v) is 45.5. The average molecular weight is 1050 g/mol. The SMILES string of the molecule is CCCCOC(=O)NCCNCC(=O)O[C@@H]1[C@@H](C)[C@@H](O)[C@@H](C)[C@H](OC(C)=O)[C@H](C)[C@@H](OC)/C=C/O[C@@]2(C)Oc3c(C)c(O)c4c(O)c(c5c(c4c3C2=O)NC2(CCN(CC(C)C)CC2)N=5)=NC(=O)/C(C)=C\C=C\[C@@H]1C. The Hall–Kier alpha value is -6.09. The highest BCUT2D eigenvalue weighted by Gasteiger charge is 2.51. The van der Waals surface area contributed by atoms with Crippen molar-refractivity contribution in [2.24, 2.45) is 39.6 Å². The number of Topliss-reactive ketones (excluding diaryl/α,β-unsaturated/α-hetero) is 1. The fraction of sp³-hybridized carbons (Fsp3) is 0.618. The van der Waals surface area contributed by atoms with Gasteiger partial charge in [0.1, 0.15) is 40.1 Å². The number of phenols is 2. The van der Waals surface area contributed by atoms with E-state index in [0.717, 1.165) is 19.4 Å². The lowest BCUT2D eigenvalue weighted by Gasteiger charge is -2.39. The van der Waals surface area contributed by atoms with E-state index in [9.17, 15) is 39.3 Å². The Morgan fingerprint density at radius 3 is 2.31 bits per heavy atom. The second-order valence-electron chi connectivity index (χ2n) is 21.0. The fourth-order valence-electron chi connectivity index (χ4n) is 10.4. The molecule has 0 unspecified atom stereocenters. The lowest BCUT2D eigenvalue weighted by atomic mass is 9.78. The summed E-state index contributed by atoms with van der Waals surface area (Å²) < 4.78 is 35.5. The molecule has 75 heavy (non-hydrogen) atoms. The highest BCUT2D eigenvalue weighted by Crippen LogP contribution is 2.51. The van der Waals surface area contributed by atoms with E-state index < -0.39 is 101 Å². The molecule has 20 heteroatoms. The number of piperidine rings is 1. The number of aliphatic hydroxyl groups is 1. The first-order valence-corrected chi connectivity index (χ1v) is 26.2.